The third-order valence-corrected chi connectivity index (χ3v) is 9.10. The van der Waals surface area contributed by atoms with Crippen molar-refractivity contribution in [3.8, 4) is 0 Å². The molecule has 1 aliphatic heterocycles. The van der Waals surface area contributed by atoms with E-state index in [1.807, 2.05) is 0 Å². The Balaban J connectivity index is 0.00000304. The summed E-state index contributed by atoms with van der Waals surface area (Å²) < 4.78 is 32.6. The molecule has 2 heterocycles. The molecule has 1 radical (unpaired) electrons. The Labute approximate surface area is 236 Å². The molecule has 0 saturated carbocycles. The van der Waals surface area contributed by atoms with Crippen LogP contribution in [0.3, 0.4) is 0 Å². The molecule has 2 amide bonds. The van der Waals surface area contributed by atoms with Gasteiger partial charge in [-0.05, 0) is 94.0 Å². The summed E-state index contributed by atoms with van der Waals surface area (Å²) in [6, 6.07) is 1.61. The largest absolute Gasteiger partial charge is 0.334 e. The van der Waals surface area contributed by atoms with Gasteiger partial charge in [0.2, 0.25) is 0 Å². The number of carbonyl (C=O) groups excluding carboxylic acids is 1. The second kappa shape index (κ2) is 11.0. The molecule has 36 heavy (non-hydrogen) atoms. The predicted octanol–water partition coefficient (Wildman–Crippen LogP) is 2.76. The van der Waals surface area contributed by atoms with Crippen molar-refractivity contribution in [3.05, 3.63) is 40.7 Å². The zero-order chi connectivity index (χ0) is 24.7. The molecule has 5 rings (SSSR count). The number of amides is 2. The molecule has 0 bridgehead atoms. The summed E-state index contributed by atoms with van der Waals surface area (Å²) in [5.74, 6) is 0. The van der Waals surface area contributed by atoms with E-state index in [-0.39, 0.29) is 35.6 Å². The zero-order valence-electron chi connectivity index (χ0n) is 21.9. The minimum absolute atomic E-state index is 0. The van der Waals surface area contributed by atoms with Crippen molar-refractivity contribution in [2.75, 3.05) is 22.7 Å². The van der Waals surface area contributed by atoms with E-state index in [0.29, 0.717) is 18.3 Å². The van der Waals surface area contributed by atoms with Crippen molar-refractivity contribution in [1.29, 1.82) is 0 Å². The molecule has 1 saturated heterocycles. The number of carbonyl (C=O) groups is 1. The number of hydrogen-bond acceptors (Lipinski definition) is 5. The SMILES string of the molecule is CC(C)N1CCCC(N(c2cnn(C)c2)S(=O)(=O)NC(=O)Nc2c3c(cc4c2CCC4)CCC3)C1.[Na]. The fraction of sp³-hybridized carbons (Fsp3) is 0.600. The molecule has 1 aromatic heterocycles. The quantitative estimate of drug-likeness (QED) is 0.568. The van der Waals surface area contributed by atoms with Gasteiger partial charge in [-0.25, -0.2) is 13.8 Å². The molecule has 2 aliphatic carbocycles. The Kier molecular flexibility index (Phi) is 8.41. The first-order chi connectivity index (χ1) is 16.7. The average molecular weight is 524 g/mol. The smallest absolute Gasteiger partial charge is 0.307 e. The monoisotopic (exact) mass is 523 g/mol. The van der Waals surface area contributed by atoms with Gasteiger partial charge in [0.05, 0.1) is 17.9 Å². The minimum Gasteiger partial charge on any atom is -0.307 e. The molecule has 11 heteroatoms. The van der Waals surface area contributed by atoms with Crippen molar-refractivity contribution >= 4 is 57.2 Å². The zero-order valence-corrected chi connectivity index (χ0v) is 24.7. The Morgan fingerprint density at radius 3 is 2.36 bits per heavy atom. The molecule has 191 valence electrons. The molecule has 0 spiro atoms. The van der Waals surface area contributed by atoms with Gasteiger partial charge in [0, 0.05) is 61.1 Å². The van der Waals surface area contributed by atoms with Crippen molar-refractivity contribution in [1.82, 2.24) is 19.4 Å². The van der Waals surface area contributed by atoms with Crippen LogP contribution in [-0.4, -0.2) is 83.9 Å². The van der Waals surface area contributed by atoms with Gasteiger partial charge in [0.15, 0.2) is 0 Å². The maximum Gasteiger partial charge on any atom is 0.334 e. The van der Waals surface area contributed by atoms with Crippen LogP contribution in [-0.2, 0) is 42.9 Å². The van der Waals surface area contributed by atoms with Gasteiger partial charge in [-0.15, -0.1) is 0 Å². The van der Waals surface area contributed by atoms with Crippen LogP contribution in [0.1, 0.15) is 61.8 Å². The second-order valence-electron chi connectivity index (χ2n) is 10.3. The first-order valence-corrected chi connectivity index (χ1v) is 14.2. The first-order valence-electron chi connectivity index (χ1n) is 12.8. The van der Waals surface area contributed by atoms with Gasteiger partial charge < -0.3 is 5.32 Å². The Bertz CT molecular complexity index is 1200. The summed E-state index contributed by atoms with van der Waals surface area (Å²) in [4.78, 5) is 15.4. The topological polar surface area (TPSA) is 99.6 Å². The number of likely N-dealkylation sites (tertiary alicyclic amines) is 1. The molecular formula is C25H36N6NaO3S. The van der Waals surface area contributed by atoms with E-state index in [0.717, 1.165) is 63.6 Å². The van der Waals surface area contributed by atoms with Crippen molar-refractivity contribution in [2.24, 2.45) is 7.05 Å². The maximum absolute atomic E-state index is 13.7. The number of fused-ring (bicyclic) bond motifs is 2. The number of aromatic nitrogens is 2. The number of benzene rings is 1. The van der Waals surface area contributed by atoms with Gasteiger partial charge >= 0.3 is 16.2 Å². The fourth-order valence-electron chi connectivity index (χ4n) is 5.98. The average Bonchev–Trinajstić information content (AvgIpc) is 3.54. The molecule has 1 fully saturated rings. The fourth-order valence-corrected chi connectivity index (χ4v) is 7.30. The van der Waals surface area contributed by atoms with Gasteiger partial charge in [-0.1, -0.05) is 6.07 Å². The minimum atomic E-state index is -4.17. The van der Waals surface area contributed by atoms with Gasteiger partial charge in [0.1, 0.15) is 0 Å². The van der Waals surface area contributed by atoms with E-state index in [2.05, 4.69) is 40.0 Å². The molecular weight excluding hydrogens is 487 g/mol. The van der Waals surface area contributed by atoms with Crippen molar-refractivity contribution in [2.45, 2.75) is 77.3 Å². The van der Waals surface area contributed by atoms with E-state index >= 15 is 0 Å². The van der Waals surface area contributed by atoms with E-state index in [1.165, 1.54) is 26.6 Å². The standard InChI is InChI=1S/C25H36N6O3S.Na/c1-17(2)30-12-6-9-20(16-30)31(21-14-26-29(3)15-21)35(33,34)28-25(32)27-24-22-10-4-7-18(22)13-19-8-5-11-23(19)24;/h13-15,17,20H,4-12,16H2,1-3H3,(H2,27,28,32);. The van der Waals surface area contributed by atoms with Crippen LogP contribution in [0.4, 0.5) is 16.2 Å². The van der Waals surface area contributed by atoms with Crippen molar-refractivity contribution in [3.63, 3.8) is 0 Å². The van der Waals surface area contributed by atoms with E-state index in [9.17, 15) is 13.2 Å². The van der Waals surface area contributed by atoms with Gasteiger partial charge in [-0.2, -0.15) is 13.5 Å². The molecule has 3 aliphatic rings. The van der Waals surface area contributed by atoms with E-state index in [1.54, 1.807) is 24.1 Å². The summed E-state index contributed by atoms with van der Waals surface area (Å²) in [5, 5.41) is 7.15. The van der Waals surface area contributed by atoms with Crippen molar-refractivity contribution < 1.29 is 13.2 Å². The normalized spacial score (nSPS) is 19.5. The first kappa shape index (κ1) is 27.4. The predicted molar refractivity (Wildman–Crippen MR) is 143 cm³/mol. The third-order valence-electron chi connectivity index (χ3n) is 7.63. The van der Waals surface area contributed by atoms with Gasteiger partial charge in [0.25, 0.3) is 0 Å². The summed E-state index contributed by atoms with van der Waals surface area (Å²) in [6.45, 7) is 5.78. The summed E-state index contributed by atoms with van der Waals surface area (Å²) in [5.41, 5.74) is 6.21. The Hall–Kier alpha value is -1.59. The molecule has 1 aromatic carbocycles. The second-order valence-corrected chi connectivity index (χ2v) is 11.9. The number of nitrogens with zero attached hydrogens (tertiary/aromatic N) is 4. The Morgan fingerprint density at radius 2 is 1.78 bits per heavy atom. The number of hydrogen-bond donors (Lipinski definition) is 2. The van der Waals surface area contributed by atoms with Crippen LogP contribution in [0.2, 0.25) is 0 Å². The maximum atomic E-state index is 13.7. The molecule has 9 nitrogen and oxygen atoms in total. The number of anilines is 2. The van der Waals surface area contributed by atoms with Gasteiger partial charge in [-0.3, -0.25) is 9.58 Å². The molecule has 2 aromatic rings. The van der Waals surface area contributed by atoms with Crippen LogP contribution in [0.5, 0.6) is 0 Å². The number of rotatable bonds is 6. The number of aryl methyl sites for hydroxylation is 3. The summed E-state index contributed by atoms with van der Waals surface area (Å²) >= 11 is 0. The summed E-state index contributed by atoms with van der Waals surface area (Å²) in [6.07, 6.45) is 10.8. The van der Waals surface area contributed by atoms with E-state index < -0.39 is 16.2 Å². The summed E-state index contributed by atoms with van der Waals surface area (Å²) in [7, 11) is -2.41. The Morgan fingerprint density at radius 1 is 1.11 bits per heavy atom. The number of nitrogens with one attached hydrogen (secondary N) is 2. The van der Waals surface area contributed by atoms with E-state index in [4.69, 9.17) is 0 Å². The number of piperidine rings is 1. The number of urea groups is 1. The van der Waals surface area contributed by atoms with Crippen LogP contribution in [0, 0.1) is 0 Å². The molecule has 2 N–H and O–H groups in total. The van der Waals surface area contributed by atoms with Crippen LogP contribution < -0.4 is 14.3 Å². The third kappa shape index (κ3) is 5.48. The van der Waals surface area contributed by atoms with Crippen LogP contribution in [0.25, 0.3) is 0 Å². The molecule has 1 unspecified atom stereocenters. The van der Waals surface area contributed by atoms with Crippen LogP contribution in [0.15, 0.2) is 18.5 Å². The van der Waals surface area contributed by atoms with Crippen LogP contribution >= 0.6 is 0 Å². The molecule has 1 atom stereocenters.